The number of hydrogen-bond donors (Lipinski definition) is 0. The zero-order chi connectivity index (χ0) is 20.9. The molecular formula is C19H21ClN5O4+. The highest BCUT2D eigenvalue weighted by Gasteiger charge is 2.54. The van der Waals surface area contributed by atoms with Gasteiger partial charge in [-0.25, -0.2) is 14.3 Å². The van der Waals surface area contributed by atoms with Gasteiger partial charge in [0.15, 0.2) is 0 Å². The number of hydrogen-bond acceptors (Lipinski definition) is 6. The van der Waals surface area contributed by atoms with Gasteiger partial charge in [-0.1, -0.05) is 16.6 Å². The maximum absolute atomic E-state index is 13.1. The SMILES string of the molecule is COc1ccc(N2CCC[N+]3=C2N=C2C3C(=O)N(CC(C)=O)C(=O)N2C)cc1Cl. The topological polar surface area (TPSA) is 85.5 Å². The Morgan fingerprint density at radius 2 is 2.14 bits per heavy atom. The van der Waals surface area contributed by atoms with Gasteiger partial charge in [0.2, 0.25) is 11.9 Å². The molecule has 1 unspecified atom stereocenters. The van der Waals surface area contributed by atoms with Crippen LogP contribution < -0.4 is 9.64 Å². The van der Waals surface area contributed by atoms with Crippen molar-refractivity contribution in [3.8, 4) is 5.75 Å². The minimum Gasteiger partial charge on any atom is -0.495 e. The fourth-order valence-electron chi connectivity index (χ4n) is 3.89. The molecule has 1 saturated heterocycles. The number of imide groups is 1. The van der Waals surface area contributed by atoms with E-state index in [0.717, 1.165) is 17.0 Å². The van der Waals surface area contributed by atoms with Gasteiger partial charge in [-0.3, -0.25) is 19.4 Å². The third-order valence-corrected chi connectivity index (χ3v) is 5.53. The molecule has 0 aromatic heterocycles. The second kappa shape index (κ2) is 7.14. The van der Waals surface area contributed by atoms with E-state index >= 15 is 0 Å². The van der Waals surface area contributed by atoms with Gasteiger partial charge in [0.25, 0.3) is 5.91 Å². The van der Waals surface area contributed by atoms with E-state index in [1.807, 2.05) is 15.5 Å². The number of urea groups is 1. The highest BCUT2D eigenvalue weighted by molar-refractivity contribution is 6.32. The normalized spacial score (nSPS) is 21.3. The Hall–Kier alpha value is -2.94. The summed E-state index contributed by atoms with van der Waals surface area (Å²) >= 11 is 6.29. The van der Waals surface area contributed by atoms with Crippen LogP contribution in [-0.4, -0.2) is 83.7 Å². The van der Waals surface area contributed by atoms with E-state index in [1.54, 1.807) is 26.3 Å². The van der Waals surface area contributed by atoms with Gasteiger partial charge >= 0.3 is 12.0 Å². The molecule has 1 fully saturated rings. The fraction of sp³-hybridized carbons (Fsp3) is 0.421. The Bertz CT molecular complexity index is 989. The van der Waals surface area contributed by atoms with Crippen molar-refractivity contribution in [2.24, 2.45) is 4.99 Å². The average molecular weight is 419 g/mol. The first-order valence-electron chi connectivity index (χ1n) is 9.25. The summed E-state index contributed by atoms with van der Waals surface area (Å²) in [6.45, 7) is 2.43. The maximum atomic E-state index is 13.1. The van der Waals surface area contributed by atoms with E-state index in [9.17, 15) is 14.4 Å². The summed E-state index contributed by atoms with van der Waals surface area (Å²) in [4.78, 5) is 46.2. The smallest absolute Gasteiger partial charge is 0.397 e. The Balaban J connectivity index is 1.74. The molecule has 0 bridgehead atoms. The molecule has 0 spiro atoms. The second-order valence-electron chi connectivity index (χ2n) is 7.16. The molecule has 1 aromatic carbocycles. The van der Waals surface area contributed by atoms with Crippen molar-refractivity contribution in [3.63, 3.8) is 0 Å². The molecule has 1 atom stereocenters. The molecule has 0 N–H and O–H groups in total. The van der Waals surface area contributed by atoms with Gasteiger partial charge < -0.3 is 4.74 Å². The predicted molar refractivity (Wildman–Crippen MR) is 107 cm³/mol. The van der Waals surface area contributed by atoms with Crippen molar-refractivity contribution in [2.75, 3.05) is 38.7 Å². The van der Waals surface area contributed by atoms with E-state index in [4.69, 9.17) is 16.3 Å². The number of ketones is 1. The van der Waals surface area contributed by atoms with Crippen LogP contribution >= 0.6 is 11.6 Å². The number of anilines is 1. The molecule has 0 saturated carbocycles. The maximum Gasteiger partial charge on any atom is 0.397 e. The van der Waals surface area contributed by atoms with Crippen LogP contribution in [-0.2, 0) is 9.59 Å². The molecular weight excluding hydrogens is 398 g/mol. The molecule has 3 amide bonds. The minimum atomic E-state index is -0.719. The number of likely N-dealkylation sites (N-methyl/N-ethyl adjacent to an activating group) is 1. The lowest BCUT2D eigenvalue weighted by Crippen LogP contribution is -2.64. The van der Waals surface area contributed by atoms with Gasteiger partial charge in [-0.15, -0.1) is 0 Å². The number of amides is 3. The van der Waals surface area contributed by atoms with Crippen LogP contribution in [0.5, 0.6) is 5.75 Å². The number of carbonyl (C=O) groups is 3. The molecule has 152 valence electrons. The second-order valence-corrected chi connectivity index (χ2v) is 7.57. The first kappa shape index (κ1) is 19.4. The Morgan fingerprint density at radius 3 is 2.79 bits per heavy atom. The molecule has 1 aromatic rings. The molecule has 4 rings (SSSR count). The van der Waals surface area contributed by atoms with Gasteiger partial charge in [0.1, 0.15) is 17.2 Å². The number of methoxy groups -OCH3 is 1. The number of aliphatic imine (C=N–C) groups is 1. The van der Waals surface area contributed by atoms with Gasteiger partial charge in [0, 0.05) is 13.5 Å². The van der Waals surface area contributed by atoms with Crippen LogP contribution in [0.2, 0.25) is 5.02 Å². The first-order valence-corrected chi connectivity index (χ1v) is 9.63. The third-order valence-electron chi connectivity index (χ3n) is 5.24. The summed E-state index contributed by atoms with van der Waals surface area (Å²) in [5.74, 6) is 0.861. The summed E-state index contributed by atoms with van der Waals surface area (Å²) < 4.78 is 7.10. The molecule has 9 nitrogen and oxygen atoms in total. The van der Waals surface area contributed by atoms with E-state index in [-0.39, 0.29) is 12.3 Å². The lowest BCUT2D eigenvalue weighted by molar-refractivity contribution is -0.539. The van der Waals surface area contributed by atoms with Crippen LogP contribution in [0.1, 0.15) is 13.3 Å². The van der Waals surface area contributed by atoms with E-state index < -0.39 is 18.0 Å². The molecule has 3 aliphatic rings. The number of benzene rings is 1. The fourth-order valence-corrected chi connectivity index (χ4v) is 4.14. The summed E-state index contributed by atoms with van der Waals surface area (Å²) in [6.07, 6.45) is 0.796. The Labute approximate surface area is 172 Å². The number of Topliss-reactive ketones (excluding diaryl/α,β-unsaturated/α-hetero) is 1. The average Bonchev–Trinajstić information content (AvgIpc) is 3.09. The monoisotopic (exact) mass is 418 g/mol. The summed E-state index contributed by atoms with van der Waals surface area (Å²) in [7, 11) is 3.12. The molecule has 0 radical (unpaired) electrons. The largest absolute Gasteiger partial charge is 0.495 e. The first-order chi connectivity index (χ1) is 13.8. The molecule has 3 aliphatic heterocycles. The lowest BCUT2D eigenvalue weighted by Gasteiger charge is -2.34. The van der Waals surface area contributed by atoms with Crippen molar-refractivity contribution >= 4 is 46.8 Å². The van der Waals surface area contributed by atoms with E-state index in [2.05, 4.69) is 4.99 Å². The number of rotatable bonds is 4. The highest BCUT2D eigenvalue weighted by Crippen LogP contribution is 2.32. The number of ether oxygens (including phenoxy) is 1. The molecule has 3 heterocycles. The van der Waals surface area contributed by atoms with Crippen LogP contribution in [0.15, 0.2) is 23.2 Å². The van der Waals surface area contributed by atoms with E-state index in [0.29, 0.717) is 35.7 Å². The molecule has 0 aliphatic carbocycles. The van der Waals surface area contributed by atoms with Crippen molar-refractivity contribution in [1.82, 2.24) is 9.80 Å². The minimum absolute atomic E-state index is 0.243. The highest BCUT2D eigenvalue weighted by atomic mass is 35.5. The molecule has 29 heavy (non-hydrogen) atoms. The predicted octanol–water partition coefficient (Wildman–Crippen LogP) is 1.19. The van der Waals surface area contributed by atoms with Crippen LogP contribution in [0, 0.1) is 0 Å². The zero-order valence-electron chi connectivity index (χ0n) is 16.4. The quantitative estimate of drug-likeness (QED) is 0.686. The number of nitrogens with zero attached hydrogens (tertiary/aromatic N) is 5. The zero-order valence-corrected chi connectivity index (χ0v) is 17.1. The molecule has 10 heteroatoms. The van der Waals surface area contributed by atoms with Crippen molar-refractivity contribution in [2.45, 2.75) is 19.4 Å². The Morgan fingerprint density at radius 1 is 1.38 bits per heavy atom. The third kappa shape index (κ3) is 3.05. The number of guanidine groups is 1. The summed E-state index contributed by atoms with van der Waals surface area (Å²) in [5.41, 5.74) is 0.820. The summed E-state index contributed by atoms with van der Waals surface area (Å²) in [6, 6.07) is 4.19. The van der Waals surface area contributed by atoms with Gasteiger partial charge in [-0.05, 0) is 25.1 Å². The number of amidine groups is 1. The van der Waals surface area contributed by atoms with Gasteiger partial charge in [-0.2, -0.15) is 0 Å². The van der Waals surface area contributed by atoms with Gasteiger partial charge in [0.05, 0.1) is 31.8 Å². The van der Waals surface area contributed by atoms with Crippen LogP contribution in [0.4, 0.5) is 10.5 Å². The van der Waals surface area contributed by atoms with Crippen molar-refractivity contribution in [3.05, 3.63) is 23.2 Å². The van der Waals surface area contributed by atoms with Crippen molar-refractivity contribution in [1.29, 1.82) is 0 Å². The lowest BCUT2D eigenvalue weighted by atomic mass is 10.1. The Kier molecular flexibility index (Phi) is 4.77. The summed E-state index contributed by atoms with van der Waals surface area (Å²) in [5, 5.41) is 0.474. The van der Waals surface area contributed by atoms with E-state index in [1.165, 1.54) is 11.8 Å². The number of fused-ring (bicyclic) bond motifs is 2. The standard InChI is InChI=1S/C19H21ClN5O4/c1-11(26)10-25-17(27)15-16(22(2)19(25)28)21-18-23(7-4-8-24(15)18)12-5-6-14(29-3)13(20)9-12/h5-6,9,15H,4,7-8,10H2,1-3H3/q+1. The van der Waals surface area contributed by atoms with Crippen LogP contribution in [0.3, 0.4) is 0 Å². The number of halogens is 1. The van der Waals surface area contributed by atoms with Crippen LogP contribution in [0.25, 0.3) is 0 Å². The van der Waals surface area contributed by atoms with Crippen molar-refractivity contribution < 1.29 is 23.7 Å². The number of carbonyl (C=O) groups excluding carboxylic acids is 3.